The van der Waals surface area contributed by atoms with E-state index in [9.17, 15) is 0 Å². The van der Waals surface area contributed by atoms with Crippen LogP contribution in [-0.4, -0.2) is 38.1 Å². The maximum atomic E-state index is 3.25. The Bertz CT molecular complexity index is 104. The fourth-order valence-electron chi connectivity index (χ4n) is 1.80. The molecule has 82 valence electrons. The summed E-state index contributed by atoms with van der Waals surface area (Å²) in [5.41, 5.74) is 0. The Labute approximate surface area is 94.3 Å². The van der Waals surface area contributed by atoms with Gasteiger partial charge >= 0.3 is 0 Å². The third kappa shape index (κ3) is 5.74. The van der Waals surface area contributed by atoms with E-state index in [0.717, 1.165) is 5.92 Å². The fourth-order valence-corrected chi connectivity index (χ4v) is 1.80. The highest BCUT2D eigenvalue weighted by molar-refractivity contribution is 5.85. The number of piperidine rings is 1. The third-order valence-electron chi connectivity index (χ3n) is 2.65. The number of nitrogens with one attached hydrogen (secondary N) is 1. The van der Waals surface area contributed by atoms with Crippen molar-refractivity contribution in [1.29, 1.82) is 0 Å². The van der Waals surface area contributed by atoms with Crippen LogP contribution in [0.3, 0.4) is 0 Å². The summed E-state index contributed by atoms with van der Waals surface area (Å²) in [5, 5.41) is 3.25. The smallest absolute Gasteiger partial charge is 0.00157 e. The van der Waals surface area contributed by atoms with Crippen molar-refractivity contribution in [1.82, 2.24) is 10.2 Å². The zero-order valence-corrected chi connectivity index (χ0v) is 10.2. The van der Waals surface area contributed by atoms with Gasteiger partial charge in [0.1, 0.15) is 0 Å². The minimum atomic E-state index is 0. The standard InChI is InChI=1S/C9H20N2.2ClH/c1-3-11-6-4-9(5-7-11)8-10-2;;/h9-10H,3-8H2,1-2H3;2*1H. The summed E-state index contributed by atoms with van der Waals surface area (Å²) in [6, 6.07) is 0. The van der Waals surface area contributed by atoms with E-state index in [1.807, 2.05) is 7.05 Å². The summed E-state index contributed by atoms with van der Waals surface area (Å²) in [6.45, 7) is 7.30. The van der Waals surface area contributed by atoms with E-state index in [4.69, 9.17) is 0 Å². The Hall–Kier alpha value is 0.500. The quantitative estimate of drug-likeness (QED) is 0.793. The molecule has 1 N–H and O–H groups in total. The Morgan fingerprint density at radius 1 is 1.23 bits per heavy atom. The molecule has 13 heavy (non-hydrogen) atoms. The monoisotopic (exact) mass is 228 g/mol. The topological polar surface area (TPSA) is 15.3 Å². The van der Waals surface area contributed by atoms with E-state index < -0.39 is 0 Å². The molecule has 0 unspecified atom stereocenters. The SMILES string of the molecule is CCN1CCC(CNC)CC1.Cl.Cl. The van der Waals surface area contributed by atoms with E-state index in [2.05, 4.69) is 17.1 Å². The molecule has 0 radical (unpaired) electrons. The largest absolute Gasteiger partial charge is 0.319 e. The minimum Gasteiger partial charge on any atom is -0.319 e. The average Bonchev–Trinajstić information content (AvgIpc) is 2.07. The van der Waals surface area contributed by atoms with Gasteiger partial charge in [0, 0.05) is 0 Å². The van der Waals surface area contributed by atoms with Crippen LogP contribution in [0.4, 0.5) is 0 Å². The van der Waals surface area contributed by atoms with Crippen molar-refractivity contribution in [2.45, 2.75) is 19.8 Å². The molecule has 0 aromatic rings. The van der Waals surface area contributed by atoms with Gasteiger partial charge in [0.05, 0.1) is 0 Å². The van der Waals surface area contributed by atoms with Crippen molar-refractivity contribution in [2.24, 2.45) is 5.92 Å². The zero-order chi connectivity index (χ0) is 8.10. The average molecular weight is 229 g/mol. The molecule has 1 aliphatic rings. The summed E-state index contributed by atoms with van der Waals surface area (Å²) in [7, 11) is 2.05. The van der Waals surface area contributed by atoms with Crippen molar-refractivity contribution in [3.05, 3.63) is 0 Å². The van der Waals surface area contributed by atoms with Crippen LogP contribution >= 0.6 is 24.8 Å². The van der Waals surface area contributed by atoms with Gasteiger partial charge in [-0.3, -0.25) is 0 Å². The van der Waals surface area contributed by atoms with E-state index in [0.29, 0.717) is 0 Å². The van der Waals surface area contributed by atoms with Gasteiger partial charge < -0.3 is 10.2 Å². The van der Waals surface area contributed by atoms with Crippen LogP contribution in [0.1, 0.15) is 19.8 Å². The van der Waals surface area contributed by atoms with Crippen LogP contribution in [0.5, 0.6) is 0 Å². The van der Waals surface area contributed by atoms with Crippen molar-refractivity contribution >= 4 is 24.8 Å². The van der Waals surface area contributed by atoms with E-state index in [1.54, 1.807) is 0 Å². The van der Waals surface area contributed by atoms with E-state index in [-0.39, 0.29) is 24.8 Å². The number of halogens is 2. The molecular weight excluding hydrogens is 207 g/mol. The fraction of sp³-hybridized carbons (Fsp3) is 1.00. The van der Waals surface area contributed by atoms with Gasteiger partial charge in [0.25, 0.3) is 0 Å². The van der Waals surface area contributed by atoms with Gasteiger partial charge in [-0.15, -0.1) is 24.8 Å². The second kappa shape index (κ2) is 9.07. The van der Waals surface area contributed by atoms with Crippen LogP contribution in [-0.2, 0) is 0 Å². The predicted octanol–water partition coefficient (Wildman–Crippen LogP) is 1.78. The minimum absolute atomic E-state index is 0. The predicted molar refractivity (Wildman–Crippen MR) is 63.3 cm³/mol. The number of rotatable bonds is 3. The molecule has 1 rings (SSSR count). The second-order valence-electron chi connectivity index (χ2n) is 3.44. The van der Waals surface area contributed by atoms with Gasteiger partial charge in [-0.05, 0) is 52.0 Å². The maximum Gasteiger partial charge on any atom is -0.00157 e. The normalized spacial score (nSPS) is 18.9. The van der Waals surface area contributed by atoms with Crippen molar-refractivity contribution < 1.29 is 0 Å². The molecule has 1 fully saturated rings. The molecule has 0 aliphatic carbocycles. The lowest BCUT2D eigenvalue weighted by atomic mass is 9.97. The molecule has 0 bridgehead atoms. The van der Waals surface area contributed by atoms with Crippen LogP contribution in [0.15, 0.2) is 0 Å². The molecule has 1 saturated heterocycles. The number of hydrogen-bond acceptors (Lipinski definition) is 2. The van der Waals surface area contributed by atoms with Gasteiger partial charge in [-0.1, -0.05) is 6.92 Å². The van der Waals surface area contributed by atoms with Gasteiger partial charge in [0.2, 0.25) is 0 Å². The molecule has 0 spiro atoms. The Kier molecular flexibility index (Phi) is 11.1. The number of nitrogens with zero attached hydrogens (tertiary/aromatic N) is 1. The highest BCUT2D eigenvalue weighted by Gasteiger charge is 2.16. The Morgan fingerprint density at radius 3 is 2.15 bits per heavy atom. The lowest BCUT2D eigenvalue weighted by Crippen LogP contribution is -2.36. The second-order valence-corrected chi connectivity index (χ2v) is 3.44. The summed E-state index contributed by atoms with van der Waals surface area (Å²) in [5.74, 6) is 0.933. The van der Waals surface area contributed by atoms with Crippen LogP contribution in [0.25, 0.3) is 0 Å². The molecule has 0 atom stereocenters. The molecule has 0 aromatic heterocycles. The molecule has 0 saturated carbocycles. The number of hydrogen-bond donors (Lipinski definition) is 1. The molecule has 4 heteroatoms. The first kappa shape index (κ1) is 15.9. The Morgan fingerprint density at radius 2 is 1.77 bits per heavy atom. The molecule has 1 aliphatic heterocycles. The molecule has 0 amide bonds. The molecule has 2 nitrogen and oxygen atoms in total. The van der Waals surface area contributed by atoms with E-state index in [1.165, 1.54) is 39.0 Å². The first-order chi connectivity index (χ1) is 5.36. The first-order valence-electron chi connectivity index (χ1n) is 4.73. The van der Waals surface area contributed by atoms with E-state index >= 15 is 0 Å². The summed E-state index contributed by atoms with van der Waals surface area (Å²) in [6.07, 6.45) is 2.77. The summed E-state index contributed by atoms with van der Waals surface area (Å²) >= 11 is 0. The highest BCUT2D eigenvalue weighted by Crippen LogP contribution is 2.15. The summed E-state index contributed by atoms with van der Waals surface area (Å²) < 4.78 is 0. The van der Waals surface area contributed by atoms with Crippen LogP contribution < -0.4 is 5.32 Å². The molecule has 0 aromatic carbocycles. The molecular formula is C9H22Cl2N2. The third-order valence-corrected chi connectivity index (χ3v) is 2.65. The van der Waals surface area contributed by atoms with Crippen LogP contribution in [0.2, 0.25) is 0 Å². The van der Waals surface area contributed by atoms with Gasteiger partial charge in [-0.25, -0.2) is 0 Å². The molecule has 1 heterocycles. The van der Waals surface area contributed by atoms with Crippen LogP contribution in [0, 0.1) is 5.92 Å². The number of likely N-dealkylation sites (tertiary alicyclic amines) is 1. The highest BCUT2D eigenvalue weighted by atomic mass is 35.5. The Balaban J connectivity index is 0. The van der Waals surface area contributed by atoms with Gasteiger partial charge in [-0.2, -0.15) is 0 Å². The first-order valence-corrected chi connectivity index (χ1v) is 4.73. The van der Waals surface area contributed by atoms with Crippen molar-refractivity contribution in [2.75, 3.05) is 33.2 Å². The lowest BCUT2D eigenvalue weighted by Gasteiger charge is -2.30. The lowest BCUT2D eigenvalue weighted by molar-refractivity contribution is 0.191. The van der Waals surface area contributed by atoms with Crippen molar-refractivity contribution in [3.63, 3.8) is 0 Å². The maximum absolute atomic E-state index is 3.25. The summed E-state index contributed by atoms with van der Waals surface area (Å²) in [4.78, 5) is 2.53. The zero-order valence-electron chi connectivity index (χ0n) is 8.58. The van der Waals surface area contributed by atoms with Crippen molar-refractivity contribution in [3.8, 4) is 0 Å². The van der Waals surface area contributed by atoms with Gasteiger partial charge in [0.15, 0.2) is 0 Å².